The Hall–Kier alpha value is -4.38. The lowest BCUT2D eigenvalue weighted by atomic mass is 9.99. The van der Waals surface area contributed by atoms with E-state index >= 15 is 0 Å². The molecule has 36 heavy (non-hydrogen) atoms. The van der Waals surface area contributed by atoms with Gasteiger partial charge in [0.25, 0.3) is 0 Å². The fourth-order valence-electron chi connectivity index (χ4n) is 3.75. The highest BCUT2D eigenvalue weighted by Gasteiger charge is 2.26. The van der Waals surface area contributed by atoms with Crippen LogP contribution >= 0.6 is 0 Å². The second kappa shape index (κ2) is 10.1. The van der Waals surface area contributed by atoms with Gasteiger partial charge in [-0.1, -0.05) is 24.3 Å². The number of alkyl halides is 3. The first-order valence-electron chi connectivity index (χ1n) is 10.8. The van der Waals surface area contributed by atoms with Crippen LogP contribution in [0.25, 0.3) is 33.3 Å². The molecule has 0 aliphatic rings. The number of methoxy groups -OCH3 is 1. The van der Waals surface area contributed by atoms with Gasteiger partial charge in [-0.3, -0.25) is 10.2 Å². The van der Waals surface area contributed by atoms with Crippen LogP contribution in [0.15, 0.2) is 60.9 Å². The van der Waals surface area contributed by atoms with Crippen LogP contribution in [-0.2, 0) is 0 Å². The van der Waals surface area contributed by atoms with Crippen LogP contribution < -0.4 is 20.9 Å². The number of H-pyrrole nitrogens is 1. The quantitative estimate of drug-likeness (QED) is 0.205. The highest BCUT2D eigenvalue weighted by Crippen LogP contribution is 2.36. The fourth-order valence-corrected chi connectivity index (χ4v) is 3.75. The molecule has 11 heteroatoms. The number of Topliss-reactive ketones (excluding diaryl/α,β-unsaturated/α-hetero) is 1. The molecule has 2 amide bonds. The molecular weight excluding hydrogens is 475 g/mol. The number of hydrazine groups is 1. The van der Waals surface area contributed by atoms with Crippen molar-refractivity contribution in [3.05, 3.63) is 66.5 Å². The first-order valence-corrected chi connectivity index (χ1v) is 10.8. The molecule has 0 unspecified atom stereocenters. The van der Waals surface area contributed by atoms with E-state index in [2.05, 4.69) is 15.3 Å². The number of ether oxygens (including phenoxy) is 1. The van der Waals surface area contributed by atoms with Gasteiger partial charge in [0.2, 0.25) is 0 Å². The Morgan fingerprint density at radius 1 is 1.06 bits per heavy atom. The molecule has 0 atom stereocenters. The molecule has 0 aliphatic carbocycles. The van der Waals surface area contributed by atoms with Gasteiger partial charge in [0.1, 0.15) is 17.9 Å². The highest BCUT2D eigenvalue weighted by atomic mass is 19.4. The minimum absolute atomic E-state index is 0.156. The number of carbonyl (C=O) groups is 2. The third-order valence-electron chi connectivity index (χ3n) is 5.40. The second-order valence-electron chi connectivity index (χ2n) is 7.89. The summed E-state index contributed by atoms with van der Waals surface area (Å²) in [7, 11) is 1.60. The number of benzene rings is 2. The predicted molar refractivity (Wildman–Crippen MR) is 130 cm³/mol. The van der Waals surface area contributed by atoms with Crippen molar-refractivity contribution in [1.29, 1.82) is 0 Å². The van der Waals surface area contributed by atoms with Gasteiger partial charge >= 0.3 is 12.2 Å². The van der Waals surface area contributed by atoms with Gasteiger partial charge in [-0.05, 0) is 36.8 Å². The van der Waals surface area contributed by atoms with Crippen LogP contribution in [0.3, 0.4) is 0 Å². The number of nitrogens with one attached hydrogen (secondary N) is 4. The summed E-state index contributed by atoms with van der Waals surface area (Å²) in [6.07, 6.45) is -0.983. The highest BCUT2D eigenvalue weighted by molar-refractivity contribution is 6.05. The van der Waals surface area contributed by atoms with Crippen LogP contribution in [0.2, 0.25) is 0 Å². The average molecular weight is 497 g/mol. The van der Waals surface area contributed by atoms with E-state index in [-0.39, 0.29) is 17.0 Å². The third kappa shape index (κ3) is 5.47. The standard InChI is InChI=1S/C25H22F3N5O3/c1-14(34)18-9-15(7-8-21(18)32-24(35)33-31-13-25(26,27)28)16-10-19-20(12-30-23(19)29-11-16)17-5-3-4-6-22(17)36-2/h3-12,31H,13H2,1-2H3,(H,29,30)(H2,32,33,35). The number of fused-ring (bicyclic) bond motifs is 1. The lowest BCUT2D eigenvalue weighted by Crippen LogP contribution is -2.44. The molecule has 0 spiro atoms. The van der Waals surface area contributed by atoms with E-state index < -0.39 is 18.8 Å². The van der Waals surface area contributed by atoms with E-state index in [1.54, 1.807) is 30.9 Å². The van der Waals surface area contributed by atoms with Crippen molar-refractivity contribution in [2.24, 2.45) is 0 Å². The Labute approximate surface area is 203 Å². The first-order chi connectivity index (χ1) is 17.2. The van der Waals surface area contributed by atoms with Crippen molar-refractivity contribution < 1.29 is 27.5 Å². The summed E-state index contributed by atoms with van der Waals surface area (Å²) in [5.41, 5.74) is 7.87. The minimum atomic E-state index is -4.49. The maximum Gasteiger partial charge on any atom is 0.402 e. The number of urea groups is 1. The van der Waals surface area contributed by atoms with E-state index in [4.69, 9.17) is 4.74 Å². The van der Waals surface area contributed by atoms with E-state index in [1.165, 1.54) is 13.0 Å². The number of ketones is 1. The van der Waals surface area contributed by atoms with Crippen molar-refractivity contribution in [1.82, 2.24) is 20.8 Å². The molecule has 4 N–H and O–H groups in total. The van der Waals surface area contributed by atoms with Gasteiger partial charge in [0, 0.05) is 40.0 Å². The summed E-state index contributed by atoms with van der Waals surface area (Å²) in [4.78, 5) is 31.9. The number of carbonyl (C=O) groups excluding carboxylic acids is 2. The van der Waals surface area contributed by atoms with E-state index in [0.29, 0.717) is 17.0 Å². The molecule has 2 aromatic heterocycles. The topological polar surface area (TPSA) is 108 Å². The van der Waals surface area contributed by atoms with Gasteiger partial charge in [-0.2, -0.15) is 13.2 Å². The Balaban J connectivity index is 1.64. The van der Waals surface area contributed by atoms with Gasteiger partial charge in [-0.25, -0.2) is 15.2 Å². The number of hydrogen-bond acceptors (Lipinski definition) is 5. The molecule has 4 rings (SSSR count). The summed E-state index contributed by atoms with van der Waals surface area (Å²) in [6.45, 7) is -0.0676. The summed E-state index contributed by atoms with van der Waals surface area (Å²) in [5.74, 6) is 0.377. The van der Waals surface area contributed by atoms with Crippen molar-refractivity contribution in [2.45, 2.75) is 13.1 Å². The Kier molecular flexibility index (Phi) is 6.93. The molecule has 0 fully saturated rings. The average Bonchev–Trinajstić information content (AvgIpc) is 3.26. The lowest BCUT2D eigenvalue weighted by Gasteiger charge is -2.13. The van der Waals surface area contributed by atoms with Crippen LogP contribution in [0.1, 0.15) is 17.3 Å². The second-order valence-corrected chi connectivity index (χ2v) is 7.89. The van der Waals surface area contributed by atoms with Crippen molar-refractivity contribution in [2.75, 3.05) is 19.0 Å². The summed E-state index contributed by atoms with van der Waals surface area (Å²) >= 11 is 0. The number of anilines is 1. The number of amides is 2. The van der Waals surface area contributed by atoms with Gasteiger partial charge in [0.15, 0.2) is 5.78 Å². The molecule has 0 saturated heterocycles. The first kappa shape index (κ1) is 24.7. The van der Waals surface area contributed by atoms with E-state index in [9.17, 15) is 22.8 Å². The Bertz CT molecular complexity index is 1430. The predicted octanol–water partition coefficient (Wildman–Crippen LogP) is 5.30. The maximum atomic E-state index is 12.3. The molecule has 186 valence electrons. The van der Waals surface area contributed by atoms with Gasteiger partial charge < -0.3 is 15.0 Å². The molecule has 2 heterocycles. The molecule has 0 aliphatic heterocycles. The molecule has 0 bridgehead atoms. The zero-order chi connectivity index (χ0) is 25.9. The van der Waals surface area contributed by atoms with Crippen LogP contribution in [0.5, 0.6) is 5.75 Å². The molecule has 0 radical (unpaired) electrons. The van der Waals surface area contributed by atoms with Crippen molar-refractivity contribution >= 4 is 28.5 Å². The van der Waals surface area contributed by atoms with Gasteiger partial charge in [-0.15, -0.1) is 0 Å². The number of aromatic amines is 1. The fraction of sp³-hybridized carbons (Fsp3) is 0.160. The number of rotatable bonds is 7. The Morgan fingerprint density at radius 3 is 2.56 bits per heavy atom. The largest absolute Gasteiger partial charge is 0.496 e. The van der Waals surface area contributed by atoms with Crippen LogP contribution in [0, 0.1) is 0 Å². The van der Waals surface area contributed by atoms with Crippen molar-refractivity contribution in [3.63, 3.8) is 0 Å². The number of aromatic nitrogens is 2. The maximum absolute atomic E-state index is 12.3. The summed E-state index contributed by atoms with van der Waals surface area (Å²) in [5, 5.41) is 3.24. The molecule has 0 saturated carbocycles. The third-order valence-corrected chi connectivity index (χ3v) is 5.40. The normalized spacial score (nSPS) is 11.4. The molecule has 4 aromatic rings. The minimum Gasteiger partial charge on any atom is -0.496 e. The SMILES string of the molecule is COc1ccccc1-c1c[nH]c2ncc(-c3ccc(NC(=O)NNCC(F)(F)F)c(C(C)=O)c3)cc12. The number of hydrogen-bond donors (Lipinski definition) is 4. The number of para-hydroxylation sites is 1. The van der Waals surface area contributed by atoms with Gasteiger partial charge in [0.05, 0.1) is 12.8 Å². The lowest BCUT2D eigenvalue weighted by molar-refractivity contribution is -0.125. The van der Waals surface area contributed by atoms with E-state index in [1.807, 2.05) is 42.0 Å². The Morgan fingerprint density at radius 2 is 1.83 bits per heavy atom. The number of nitrogens with zero attached hydrogens (tertiary/aromatic N) is 1. The monoisotopic (exact) mass is 497 g/mol. The summed E-state index contributed by atoms with van der Waals surface area (Å²) in [6, 6.07) is 13.4. The number of halogens is 3. The molecule has 2 aromatic carbocycles. The van der Waals surface area contributed by atoms with Crippen LogP contribution in [0.4, 0.5) is 23.7 Å². The summed E-state index contributed by atoms with van der Waals surface area (Å²) < 4.78 is 42.2. The molecular formula is C25H22F3N5O3. The molecule has 8 nitrogen and oxygen atoms in total. The zero-order valence-electron chi connectivity index (χ0n) is 19.3. The smallest absolute Gasteiger partial charge is 0.402 e. The van der Waals surface area contributed by atoms with E-state index in [0.717, 1.165) is 22.1 Å². The van der Waals surface area contributed by atoms with Crippen LogP contribution in [-0.4, -0.2) is 41.6 Å². The van der Waals surface area contributed by atoms with Crippen molar-refractivity contribution in [3.8, 4) is 28.0 Å². The number of pyridine rings is 1. The zero-order valence-corrected chi connectivity index (χ0v) is 19.3.